The number of aliphatic hydroxyl groups excluding tert-OH is 1. The van der Waals surface area contributed by atoms with E-state index in [2.05, 4.69) is 0 Å². The molecule has 0 spiro atoms. The molecule has 0 amide bonds. The Hall–Kier alpha value is -0.610. The lowest BCUT2D eigenvalue weighted by Gasteiger charge is -2.22. The van der Waals surface area contributed by atoms with Crippen LogP contribution in [0.4, 0.5) is 0 Å². The van der Waals surface area contributed by atoms with Gasteiger partial charge < -0.3 is 14.6 Å². The Labute approximate surface area is 101 Å². The highest BCUT2D eigenvalue weighted by atomic mass is 35.5. The number of hydrogen-bond acceptors (Lipinski definition) is 3. The fourth-order valence-corrected chi connectivity index (χ4v) is 1.50. The summed E-state index contributed by atoms with van der Waals surface area (Å²) >= 11 is 5.77. The van der Waals surface area contributed by atoms with Crippen LogP contribution in [-0.2, 0) is 9.47 Å². The van der Waals surface area contributed by atoms with Gasteiger partial charge >= 0.3 is 0 Å². The van der Waals surface area contributed by atoms with E-state index in [9.17, 15) is 5.11 Å². The molecule has 1 aromatic rings. The lowest BCUT2D eigenvalue weighted by Crippen LogP contribution is -2.25. The van der Waals surface area contributed by atoms with Crippen molar-refractivity contribution in [3.63, 3.8) is 0 Å². The van der Waals surface area contributed by atoms with E-state index in [0.717, 1.165) is 5.56 Å². The summed E-state index contributed by atoms with van der Waals surface area (Å²) in [6.07, 6.45) is -1.42. The first-order chi connectivity index (χ1) is 7.69. The molecule has 90 valence electrons. The van der Waals surface area contributed by atoms with Gasteiger partial charge in [-0.25, -0.2) is 0 Å². The first-order valence-corrected chi connectivity index (χ1v) is 5.73. The highest BCUT2D eigenvalue weighted by molar-refractivity contribution is 6.30. The van der Waals surface area contributed by atoms with Crippen LogP contribution < -0.4 is 0 Å². The number of aliphatic hydroxyl groups is 1. The Bertz CT molecular complexity index is 294. The third-order valence-corrected chi connectivity index (χ3v) is 2.38. The average Bonchev–Trinajstić information content (AvgIpc) is 2.29. The summed E-state index contributed by atoms with van der Waals surface area (Å²) in [7, 11) is 0. The van der Waals surface area contributed by atoms with Crippen LogP contribution in [0.1, 0.15) is 25.5 Å². The maximum absolute atomic E-state index is 10.0. The minimum Gasteiger partial charge on any atom is -0.383 e. The molecule has 0 radical (unpaired) electrons. The van der Waals surface area contributed by atoms with E-state index in [4.69, 9.17) is 21.1 Å². The summed E-state index contributed by atoms with van der Waals surface area (Å²) in [5.74, 6) is 0. The van der Waals surface area contributed by atoms with Crippen molar-refractivity contribution in [1.29, 1.82) is 0 Å². The molecule has 16 heavy (non-hydrogen) atoms. The lowest BCUT2D eigenvalue weighted by molar-refractivity contribution is -0.191. The second kappa shape index (κ2) is 6.86. The van der Waals surface area contributed by atoms with Crippen molar-refractivity contribution in [2.24, 2.45) is 0 Å². The van der Waals surface area contributed by atoms with Gasteiger partial charge in [-0.05, 0) is 31.5 Å². The van der Waals surface area contributed by atoms with Gasteiger partial charge in [-0.3, -0.25) is 0 Å². The molecule has 0 aliphatic rings. The molecule has 4 heteroatoms. The first-order valence-electron chi connectivity index (χ1n) is 5.35. The molecule has 3 nitrogen and oxygen atoms in total. The molecular formula is C12H17ClO3. The van der Waals surface area contributed by atoms with Gasteiger partial charge in [-0.2, -0.15) is 0 Å². The molecule has 1 N–H and O–H groups in total. The highest BCUT2D eigenvalue weighted by Gasteiger charge is 2.21. The molecule has 1 rings (SSSR count). The molecule has 0 saturated heterocycles. The van der Waals surface area contributed by atoms with Crippen LogP contribution in [0.5, 0.6) is 0 Å². The molecular weight excluding hydrogens is 228 g/mol. The zero-order chi connectivity index (χ0) is 12.0. The van der Waals surface area contributed by atoms with Crippen LogP contribution in [0.3, 0.4) is 0 Å². The summed E-state index contributed by atoms with van der Waals surface area (Å²) < 4.78 is 10.6. The topological polar surface area (TPSA) is 38.7 Å². The van der Waals surface area contributed by atoms with Gasteiger partial charge in [0.05, 0.1) is 0 Å². The molecule has 0 aliphatic carbocycles. The van der Waals surface area contributed by atoms with Crippen molar-refractivity contribution in [2.45, 2.75) is 26.2 Å². The minimum absolute atomic E-state index is 0.495. The Morgan fingerprint density at radius 3 is 2.06 bits per heavy atom. The molecule has 1 atom stereocenters. The van der Waals surface area contributed by atoms with E-state index in [1.165, 1.54) is 0 Å². The molecule has 1 unspecified atom stereocenters. The molecule has 0 bridgehead atoms. The van der Waals surface area contributed by atoms with Crippen LogP contribution in [0.2, 0.25) is 5.02 Å². The Morgan fingerprint density at radius 2 is 1.62 bits per heavy atom. The number of hydrogen-bond donors (Lipinski definition) is 1. The first kappa shape index (κ1) is 13.5. The third kappa shape index (κ3) is 3.76. The van der Waals surface area contributed by atoms with E-state index in [1.807, 2.05) is 13.8 Å². The van der Waals surface area contributed by atoms with Gasteiger partial charge in [0.15, 0.2) is 6.29 Å². The van der Waals surface area contributed by atoms with Crippen LogP contribution in [0.15, 0.2) is 24.3 Å². The predicted octanol–water partition coefficient (Wildman–Crippen LogP) is 2.77. The smallest absolute Gasteiger partial charge is 0.187 e. The van der Waals surface area contributed by atoms with E-state index >= 15 is 0 Å². The van der Waals surface area contributed by atoms with Crippen LogP contribution >= 0.6 is 11.6 Å². The van der Waals surface area contributed by atoms with Gasteiger partial charge in [0.25, 0.3) is 0 Å². The summed E-state index contributed by atoms with van der Waals surface area (Å²) in [4.78, 5) is 0. The monoisotopic (exact) mass is 244 g/mol. The van der Waals surface area contributed by atoms with Gasteiger partial charge in [0, 0.05) is 18.2 Å². The van der Waals surface area contributed by atoms with Crippen molar-refractivity contribution in [3.8, 4) is 0 Å². The molecule has 0 aromatic heterocycles. The van der Waals surface area contributed by atoms with Gasteiger partial charge in [0.2, 0.25) is 0 Å². The van der Waals surface area contributed by atoms with Crippen molar-refractivity contribution in [3.05, 3.63) is 34.9 Å². The number of rotatable bonds is 6. The second-order valence-corrected chi connectivity index (χ2v) is 3.71. The number of ether oxygens (including phenoxy) is 2. The summed E-state index contributed by atoms with van der Waals surface area (Å²) in [5, 5.41) is 10.7. The fourth-order valence-electron chi connectivity index (χ4n) is 1.38. The minimum atomic E-state index is -0.794. The van der Waals surface area contributed by atoms with E-state index in [0.29, 0.717) is 18.2 Å². The number of halogens is 1. The highest BCUT2D eigenvalue weighted by Crippen LogP contribution is 2.21. The molecule has 1 aromatic carbocycles. The molecule has 0 fully saturated rings. The zero-order valence-corrected chi connectivity index (χ0v) is 10.3. The van der Waals surface area contributed by atoms with E-state index in [1.54, 1.807) is 24.3 Å². The maximum atomic E-state index is 10.0. The summed E-state index contributed by atoms with van der Waals surface area (Å²) in [5.41, 5.74) is 0.733. The lowest BCUT2D eigenvalue weighted by atomic mass is 10.1. The van der Waals surface area contributed by atoms with Crippen molar-refractivity contribution in [2.75, 3.05) is 13.2 Å². The zero-order valence-electron chi connectivity index (χ0n) is 9.52. The SMILES string of the molecule is CCOC(OCC)C(O)c1ccc(Cl)cc1. The Kier molecular flexibility index (Phi) is 5.77. The van der Waals surface area contributed by atoms with Gasteiger partial charge in [0.1, 0.15) is 6.10 Å². The fraction of sp³-hybridized carbons (Fsp3) is 0.500. The van der Waals surface area contributed by atoms with Gasteiger partial charge in [-0.15, -0.1) is 0 Å². The van der Waals surface area contributed by atoms with E-state index in [-0.39, 0.29) is 0 Å². The van der Waals surface area contributed by atoms with Crippen molar-refractivity contribution < 1.29 is 14.6 Å². The standard InChI is InChI=1S/C12H17ClO3/c1-3-15-12(16-4-2)11(14)9-5-7-10(13)8-6-9/h5-8,11-12,14H,3-4H2,1-2H3. The second-order valence-electron chi connectivity index (χ2n) is 3.28. The third-order valence-electron chi connectivity index (χ3n) is 2.13. The quantitative estimate of drug-likeness (QED) is 0.782. The van der Waals surface area contributed by atoms with E-state index < -0.39 is 12.4 Å². The average molecular weight is 245 g/mol. The van der Waals surface area contributed by atoms with Gasteiger partial charge in [-0.1, -0.05) is 23.7 Å². The van der Waals surface area contributed by atoms with Crippen LogP contribution in [0.25, 0.3) is 0 Å². The van der Waals surface area contributed by atoms with Crippen molar-refractivity contribution >= 4 is 11.6 Å². The summed E-state index contributed by atoms with van der Waals surface area (Å²) in [6.45, 7) is 4.71. The van der Waals surface area contributed by atoms with Crippen LogP contribution in [0, 0.1) is 0 Å². The predicted molar refractivity (Wildman–Crippen MR) is 63.5 cm³/mol. The Morgan fingerprint density at radius 1 is 1.12 bits per heavy atom. The number of benzene rings is 1. The van der Waals surface area contributed by atoms with Crippen molar-refractivity contribution in [1.82, 2.24) is 0 Å². The van der Waals surface area contributed by atoms with Crippen LogP contribution in [-0.4, -0.2) is 24.6 Å². The molecule has 0 aliphatic heterocycles. The molecule has 0 saturated carbocycles. The largest absolute Gasteiger partial charge is 0.383 e. The summed E-state index contributed by atoms with van der Waals surface area (Å²) in [6, 6.07) is 6.99. The maximum Gasteiger partial charge on any atom is 0.187 e. The molecule has 0 heterocycles. The normalized spacial score (nSPS) is 13.1. The Balaban J connectivity index is 2.72.